The Kier molecular flexibility index (Phi) is 11.9. The molecule has 0 aliphatic carbocycles. The molecule has 0 fully saturated rings. The number of sulfonamides is 1. The predicted molar refractivity (Wildman–Crippen MR) is 186 cm³/mol. The van der Waals surface area contributed by atoms with Crippen LogP contribution in [0.25, 0.3) is 0 Å². The van der Waals surface area contributed by atoms with Gasteiger partial charge in [-0.15, -0.1) is 0 Å². The maximum absolute atomic E-state index is 14.7. The van der Waals surface area contributed by atoms with Crippen molar-refractivity contribution in [1.82, 2.24) is 10.2 Å². The van der Waals surface area contributed by atoms with Gasteiger partial charge in [-0.05, 0) is 66.8 Å². The molecule has 1 atom stereocenters. The average Bonchev–Trinajstić information content (AvgIpc) is 3.03. The summed E-state index contributed by atoms with van der Waals surface area (Å²) in [6.45, 7) is 7.39. The molecule has 0 heterocycles. The number of aryl methyl sites for hydroxylation is 1. The van der Waals surface area contributed by atoms with E-state index in [4.69, 9.17) is 23.2 Å². The third-order valence-corrected chi connectivity index (χ3v) is 10.3. The normalized spacial score (nSPS) is 12.1. The summed E-state index contributed by atoms with van der Waals surface area (Å²) in [7, 11) is -4.20. The highest BCUT2D eigenvalue weighted by Crippen LogP contribution is 2.31. The number of hydrogen-bond donors (Lipinski definition) is 1. The molecule has 0 saturated heterocycles. The van der Waals surface area contributed by atoms with Crippen LogP contribution in [-0.4, -0.2) is 44.3 Å². The van der Waals surface area contributed by atoms with Crippen LogP contribution in [0.15, 0.2) is 102 Å². The second-order valence-electron chi connectivity index (χ2n) is 11.6. The minimum atomic E-state index is -4.20. The molecule has 10 heteroatoms. The smallest absolute Gasteiger partial charge is 0.264 e. The Morgan fingerprint density at radius 2 is 1.39 bits per heavy atom. The Hall–Kier alpha value is -3.85. The first-order chi connectivity index (χ1) is 21.9. The van der Waals surface area contributed by atoms with E-state index in [2.05, 4.69) is 5.32 Å². The summed E-state index contributed by atoms with van der Waals surface area (Å²) in [5, 5.41) is 3.64. The summed E-state index contributed by atoms with van der Waals surface area (Å²) in [4.78, 5) is 30.0. The van der Waals surface area contributed by atoms with Gasteiger partial charge in [-0.1, -0.05) is 104 Å². The molecule has 46 heavy (non-hydrogen) atoms. The standard InChI is InChI=1S/C36H39Cl2N3O4S/c1-25(2)22-39-36(43)34(21-28-14-7-5-8-15-28)40(23-30-31(37)18-12-19-32(30)38)35(42)24-41(33-20-11-13-26(3)27(33)4)46(44,45)29-16-9-6-10-17-29/h5-20,25,34H,21-24H2,1-4H3,(H,39,43). The van der Waals surface area contributed by atoms with Crippen LogP contribution in [0.1, 0.15) is 36.1 Å². The van der Waals surface area contributed by atoms with Crippen LogP contribution in [0.2, 0.25) is 10.0 Å². The number of benzene rings is 4. The molecule has 4 aromatic rings. The van der Waals surface area contributed by atoms with Crippen molar-refractivity contribution in [2.24, 2.45) is 5.92 Å². The molecule has 0 aliphatic rings. The minimum Gasteiger partial charge on any atom is -0.354 e. The topological polar surface area (TPSA) is 86.8 Å². The number of rotatable bonds is 13. The van der Waals surface area contributed by atoms with Gasteiger partial charge in [-0.25, -0.2) is 8.42 Å². The summed E-state index contributed by atoms with van der Waals surface area (Å²) in [6.07, 6.45) is 0.188. The Morgan fingerprint density at radius 3 is 2.00 bits per heavy atom. The zero-order valence-corrected chi connectivity index (χ0v) is 28.7. The molecule has 0 radical (unpaired) electrons. The highest BCUT2D eigenvalue weighted by atomic mass is 35.5. The van der Waals surface area contributed by atoms with Gasteiger partial charge in [-0.3, -0.25) is 13.9 Å². The molecule has 0 saturated carbocycles. The number of halogens is 2. The number of hydrogen-bond acceptors (Lipinski definition) is 4. The van der Waals surface area contributed by atoms with Crippen molar-refractivity contribution in [2.45, 2.75) is 51.6 Å². The van der Waals surface area contributed by atoms with Gasteiger partial charge in [0.05, 0.1) is 10.6 Å². The summed E-state index contributed by atoms with van der Waals surface area (Å²) in [5.74, 6) is -0.783. The number of anilines is 1. The van der Waals surface area contributed by atoms with Crippen molar-refractivity contribution >= 4 is 50.7 Å². The van der Waals surface area contributed by atoms with Gasteiger partial charge in [0.2, 0.25) is 11.8 Å². The van der Waals surface area contributed by atoms with Gasteiger partial charge >= 0.3 is 0 Å². The lowest BCUT2D eigenvalue weighted by Gasteiger charge is -2.34. The van der Waals surface area contributed by atoms with Gasteiger partial charge in [0.15, 0.2) is 0 Å². The van der Waals surface area contributed by atoms with Crippen molar-refractivity contribution in [2.75, 3.05) is 17.4 Å². The Bertz CT molecular complexity index is 1750. The second kappa shape index (κ2) is 15.6. The number of carbonyl (C=O) groups is 2. The third-order valence-electron chi connectivity index (χ3n) is 7.80. The number of nitrogens with zero attached hydrogens (tertiary/aromatic N) is 2. The molecule has 4 aromatic carbocycles. The Balaban J connectivity index is 1.86. The predicted octanol–water partition coefficient (Wildman–Crippen LogP) is 7.22. The van der Waals surface area contributed by atoms with E-state index < -0.39 is 28.5 Å². The largest absolute Gasteiger partial charge is 0.354 e. The fourth-order valence-electron chi connectivity index (χ4n) is 5.07. The fraction of sp³-hybridized carbons (Fsp3) is 0.278. The molecule has 7 nitrogen and oxygen atoms in total. The second-order valence-corrected chi connectivity index (χ2v) is 14.3. The summed E-state index contributed by atoms with van der Waals surface area (Å²) in [5.41, 5.74) is 3.24. The van der Waals surface area contributed by atoms with E-state index in [1.165, 1.54) is 17.0 Å². The summed E-state index contributed by atoms with van der Waals surface area (Å²) < 4.78 is 29.6. The zero-order chi connectivity index (χ0) is 33.4. The molecular weight excluding hydrogens is 641 g/mol. The van der Waals surface area contributed by atoms with Crippen molar-refractivity contribution in [3.05, 3.63) is 129 Å². The van der Waals surface area contributed by atoms with E-state index in [1.54, 1.807) is 48.5 Å². The van der Waals surface area contributed by atoms with Crippen LogP contribution in [-0.2, 0) is 32.6 Å². The first-order valence-corrected chi connectivity index (χ1v) is 17.3. The molecule has 0 aromatic heterocycles. The van der Waals surface area contributed by atoms with Gasteiger partial charge in [0, 0.05) is 35.1 Å². The SMILES string of the molecule is Cc1cccc(N(CC(=O)N(Cc2c(Cl)cccc2Cl)C(Cc2ccccc2)C(=O)NCC(C)C)S(=O)(=O)c2ccccc2)c1C. The number of nitrogens with one attached hydrogen (secondary N) is 1. The maximum Gasteiger partial charge on any atom is 0.264 e. The van der Waals surface area contributed by atoms with Gasteiger partial charge < -0.3 is 10.2 Å². The molecule has 4 rings (SSSR count). The van der Waals surface area contributed by atoms with Crippen molar-refractivity contribution in [3.8, 4) is 0 Å². The highest BCUT2D eigenvalue weighted by Gasteiger charge is 2.35. The molecule has 0 aliphatic heterocycles. The lowest BCUT2D eigenvalue weighted by molar-refractivity contribution is -0.140. The van der Waals surface area contributed by atoms with E-state index in [-0.39, 0.29) is 29.7 Å². The first kappa shape index (κ1) is 35.0. The summed E-state index contributed by atoms with van der Waals surface area (Å²) in [6, 6.07) is 26.7. The highest BCUT2D eigenvalue weighted by molar-refractivity contribution is 7.92. The molecule has 2 amide bonds. The summed E-state index contributed by atoms with van der Waals surface area (Å²) >= 11 is 13.2. The van der Waals surface area contributed by atoms with Crippen LogP contribution < -0.4 is 9.62 Å². The molecule has 1 unspecified atom stereocenters. The van der Waals surface area contributed by atoms with E-state index in [1.807, 2.05) is 64.1 Å². The Morgan fingerprint density at radius 1 is 0.804 bits per heavy atom. The van der Waals surface area contributed by atoms with Crippen LogP contribution in [0.5, 0.6) is 0 Å². The van der Waals surface area contributed by atoms with Crippen molar-refractivity contribution < 1.29 is 18.0 Å². The fourth-order valence-corrected chi connectivity index (χ4v) is 7.08. The van der Waals surface area contributed by atoms with E-state index in [0.717, 1.165) is 15.4 Å². The van der Waals surface area contributed by atoms with Crippen LogP contribution in [0, 0.1) is 19.8 Å². The van der Waals surface area contributed by atoms with Crippen LogP contribution in [0.4, 0.5) is 5.69 Å². The van der Waals surface area contributed by atoms with E-state index in [0.29, 0.717) is 33.4 Å². The maximum atomic E-state index is 14.7. The van der Waals surface area contributed by atoms with Gasteiger partial charge in [0.25, 0.3) is 10.0 Å². The Labute approximate surface area is 282 Å². The minimum absolute atomic E-state index is 0.0416. The van der Waals surface area contributed by atoms with Gasteiger partial charge in [-0.2, -0.15) is 0 Å². The molecule has 0 spiro atoms. The average molecular weight is 681 g/mol. The van der Waals surface area contributed by atoms with Crippen LogP contribution >= 0.6 is 23.2 Å². The third kappa shape index (κ3) is 8.49. The number of amides is 2. The van der Waals surface area contributed by atoms with E-state index in [9.17, 15) is 18.0 Å². The van der Waals surface area contributed by atoms with Crippen molar-refractivity contribution in [1.29, 1.82) is 0 Å². The number of carbonyl (C=O) groups excluding carboxylic acids is 2. The first-order valence-electron chi connectivity index (χ1n) is 15.1. The molecular formula is C36H39Cl2N3O4S. The van der Waals surface area contributed by atoms with E-state index >= 15 is 0 Å². The monoisotopic (exact) mass is 679 g/mol. The lowest BCUT2D eigenvalue weighted by atomic mass is 10.0. The molecule has 0 bridgehead atoms. The van der Waals surface area contributed by atoms with Crippen molar-refractivity contribution in [3.63, 3.8) is 0 Å². The quantitative estimate of drug-likeness (QED) is 0.162. The van der Waals surface area contributed by atoms with Gasteiger partial charge in [0.1, 0.15) is 12.6 Å². The lowest BCUT2D eigenvalue weighted by Crippen LogP contribution is -2.54. The molecule has 242 valence electrons. The van der Waals surface area contributed by atoms with Crippen LogP contribution in [0.3, 0.4) is 0 Å². The molecule has 1 N–H and O–H groups in total. The zero-order valence-electron chi connectivity index (χ0n) is 26.4.